The fourth-order valence-electron chi connectivity index (χ4n) is 3.80. The van der Waals surface area contributed by atoms with Crippen molar-refractivity contribution in [1.29, 1.82) is 0 Å². The average Bonchev–Trinajstić information content (AvgIpc) is 2.93. The predicted molar refractivity (Wildman–Crippen MR) is 148 cm³/mol. The van der Waals surface area contributed by atoms with E-state index in [0.29, 0.717) is 48.4 Å². The Morgan fingerprint density at radius 3 is 1.89 bits per heavy atom. The lowest BCUT2D eigenvalue weighted by Crippen LogP contribution is -2.10. The third-order valence-electron chi connectivity index (χ3n) is 5.97. The highest BCUT2D eigenvalue weighted by molar-refractivity contribution is 5.91. The minimum absolute atomic E-state index is 0.422. The number of unbranched alkanes of at least 4 members (excludes halogenated alkanes) is 6. The second-order valence-corrected chi connectivity index (χ2v) is 9.11. The van der Waals surface area contributed by atoms with Crippen LogP contribution in [0.4, 0.5) is 0 Å². The Balaban J connectivity index is 1.58. The number of hydrogen-bond donors (Lipinski definition) is 0. The standard InChI is InChI=1S/C32H40O5/c1-3-5-7-12-22-34-30-21-16-27(24-31(30)35-23-13-8-6-4-2)32(33)37-29-19-17-28(18-20-29)36-25-26-14-10-9-11-15-26/h9-11,14-21,24H,3-8,12-13,22-23,25H2,1-2H3. The molecule has 3 aromatic carbocycles. The van der Waals surface area contributed by atoms with Crippen LogP contribution in [0.25, 0.3) is 0 Å². The number of carbonyl (C=O) groups excluding carboxylic acids is 1. The van der Waals surface area contributed by atoms with Gasteiger partial charge in [-0.2, -0.15) is 0 Å². The zero-order chi connectivity index (χ0) is 26.1. The first-order valence-electron chi connectivity index (χ1n) is 13.6. The molecule has 0 atom stereocenters. The first-order valence-corrected chi connectivity index (χ1v) is 13.6. The lowest BCUT2D eigenvalue weighted by Gasteiger charge is -2.14. The average molecular weight is 505 g/mol. The van der Waals surface area contributed by atoms with Gasteiger partial charge in [-0.25, -0.2) is 4.79 Å². The smallest absolute Gasteiger partial charge is 0.343 e. The van der Waals surface area contributed by atoms with Gasteiger partial charge in [0.2, 0.25) is 0 Å². The van der Waals surface area contributed by atoms with Crippen LogP contribution >= 0.6 is 0 Å². The summed E-state index contributed by atoms with van der Waals surface area (Å²) in [5.74, 6) is 1.98. The van der Waals surface area contributed by atoms with Crippen LogP contribution in [0.15, 0.2) is 72.8 Å². The van der Waals surface area contributed by atoms with Crippen LogP contribution in [-0.2, 0) is 6.61 Å². The molecule has 0 spiro atoms. The molecule has 3 rings (SSSR count). The first kappa shape index (κ1) is 28.1. The molecule has 0 aliphatic carbocycles. The molecule has 0 unspecified atom stereocenters. The van der Waals surface area contributed by atoms with E-state index in [4.69, 9.17) is 18.9 Å². The van der Waals surface area contributed by atoms with Crippen LogP contribution in [0.1, 0.15) is 81.1 Å². The molecule has 0 fully saturated rings. The summed E-state index contributed by atoms with van der Waals surface area (Å²) in [5.41, 5.74) is 1.51. The molecule has 0 radical (unpaired) electrons. The van der Waals surface area contributed by atoms with E-state index in [-0.39, 0.29) is 0 Å². The lowest BCUT2D eigenvalue weighted by atomic mass is 10.2. The quantitative estimate of drug-likeness (QED) is 0.105. The van der Waals surface area contributed by atoms with Gasteiger partial charge in [0.1, 0.15) is 18.1 Å². The normalized spacial score (nSPS) is 10.6. The summed E-state index contributed by atoms with van der Waals surface area (Å²) in [4.78, 5) is 12.9. The maximum Gasteiger partial charge on any atom is 0.343 e. The van der Waals surface area contributed by atoms with Crippen molar-refractivity contribution in [2.45, 2.75) is 71.8 Å². The van der Waals surface area contributed by atoms with E-state index < -0.39 is 5.97 Å². The van der Waals surface area contributed by atoms with Crippen molar-refractivity contribution in [3.8, 4) is 23.0 Å². The van der Waals surface area contributed by atoms with Gasteiger partial charge in [0.25, 0.3) is 0 Å². The minimum atomic E-state index is -0.441. The Kier molecular flexibility index (Phi) is 12.4. The molecule has 198 valence electrons. The van der Waals surface area contributed by atoms with Gasteiger partial charge in [0, 0.05) is 0 Å². The molecule has 3 aromatic rings. The molecule has 0 aliphatic heterocycles. The van der Waals surface area contributed by atoms with E-state index in [0.717, 1.165) is 31.2 Å². The van der Waals surface area contributed by atoms with Crippen LogP contribution in [0.3, 0.4) is 0 Å². The van der Waals surface area contributed by atoms with E-state index in [1.807, 2.05) is 30.3 Å². The van der Waals surface area contributed by atoms with E-state index in [9.17, 15) is 4.79 Å². The largest absolute Gasteiger partial charge is 0.490 e. The zero-order valence-corrected chi connectivity index (χ0v) is 22.2. The van der Waals surface area contributed by atoms with Crippen molar-refractivity contribution in [3.63, 3.8) is 0 Å². The van der Waals surface area contributed by atoms with E-state index >= 15 is 0 Å². The third-order valence-corrected chi connectivity index (χ3v) is 5.97. The SMILES string of the molecule is CCCCCCOc1ccc(C(=O)Oc2ccc(OCc3ccccc3)cc2)cc1OCCCCCC. The van der Waals surface area contributed by atoms with Gasteiger partial charge in [-0.3, -0.25) is 0 Å². The van der Waals surface area contributed by atoms with Crippen LogP contribution in [0, 0.1) is 0 Å². The molecule has 0 aliphatic rings. The van der Waals surface area contributed by atoms with Crippen molar-refractivity contribution in [2.24, 2.45) is 0 Å². The number of rotatable bonds is 17. The Morgan fingerprint density at radius 1 is 0.622 bits per heavy atom. The lowest BCUT2D eigenvalue weighted by molar-refractivity contribution is 0.0734. The molecule has 0 heterocycles. The van der Waals surface area contributed by atoms with E-state index in [1.165, 1.54) is 25.7 Å². The van der Waals surface area contributed by atoms with Gasteiger partial charge in [-0.05, 0) is 60.9 Å². The molecule has 0 amide bonds. The third kappa shape index (κ3) is 10.2. The second kappa shape index (κ2) is 16.3. The summed E-state index contributed by atoms with van der Waals surface area (Å²) in [7, 11) is 0. The van der Waals surface area contributed by atoms with Gasteiger partial charge in [-0.15, -0.1) is 0 Å². The van der Waals surface area contributed by atoms with Gasteiger partial charge in [0.15, 0.2) is 11.5 Å². The Bertz CT molecular complexity index is 1050. The summed E-state index contributed by atoms with van der Waals surface area (Å²) in [6, 6.07) is 22.3. The molecule has 5 heteroatoms. The predicted octanol–water partition coefficient (Wildman–Crippen LogP) is 8.40. The summed E-state index contributed by atoms with van der Waals surface area (Å²) >= 11 is 0. The summed E-state index contributed by atoms with van der Waals surface area (Å²) in [6.45, 7) is 6.08. The van der Waals surface area contributed by atoms with Gasteiger partial charge in [0.05, 0.1) is 18.8 Å². The monoisotopic (exact) mass is 504 g/mol. The Labute approximate surface area is 221 Å². The highest BCUT2D eigenvalue weighted by atomic mass is 16.5. The topological polar surface area (TPSA) is 54.0 Å². The second-order valence-electron chi connectivity index (χ2n) is 9.11. The molecule has 0 N–H and O–H groups in total. The van der Waals surface area contributed by atoms with Crippen LogP contribution in [-0.4, -0.2) is 19.2 Å². The van der Waals surface area contributed by atoms with Crippen LogP contribution in [0.2, 0.25) is 0 Å². The number of ether oxygens (including phenoxy) is 4. The van der Waals surface area contributed by atoms with Crippen molar-refractivity contribution >= 4 is 5.97 Å². The molecule has 0 saturated heterocycles. The molecule has 0 aromatic heterocycles. The Morgan fingerprint density at radius 2 is 1.24 bits per heavy atom. The first-order chi connectivity index (χ1) is 18.2. The van der Waals surface area contributed by atoms with E-state index in [2.05, 4.69) is 13.8 Å². The molecule has 0 bridgehead atoms. The number of hydrogen-bond acceptors (Lipinski definition) is 5. The fourth-order valence-corrected chi connectivity index (χ4v) is 3.80. The number of benzene rings is 3. The molecule has 5 nitrogen and oxygen atoms in total. The fraction of sp³-hybridized carbons (Fsp3) is 0.406. The minimum Gasteiger partial charge on any atom is -0.490 e. The van der Waals surface area contributed by atoms with Crippen molar-refractivity contribution in [3.05, 3.63) is 83.9 Å². The maximum atomic E-state index is 12.9. The zero-order valence-electron chi connectivity index (χ0n) is 22.2. The number of carbonyl (C=O) groups is 1. The summed E-state index contributed by atoms with van der Waals surface area (Å²) in [5, 5.41) is 0. The molecular weight excluding hydrogens is 464 g/mol. The summed E-state index contributed by atoms with van der Waals surface area (Å²) in [6.07, 6.45) is 8.98. The molecule has 37 heavy (non-hydrogen) atoms. The highest BCUT2D eigenvalue weighted by Crippen LogP contribution is 2.30. The molecular formula is C32H40O5. The van der Waals surface area contributed by atoms with Gasteiger partial charge >= 0.3 is 5.97 Å². The van der Waals surface area contributed by atoms with Crippen molar-refractivity contribution in [1.82, 2.24) is 0 Å². The number of esters is 1. The Hall–Kier alpha value is -3.47. The van der Waals surface area contributed by atoms with Gasteiger partial charge in [-0.1, -0.05) is 82.7 Å². The summed E-state index contributed by atoms with van der Waals surface area (Å²) < 4.78 is 23.4. The van der Waals surface area contributed by atoms with Gasteiger partial charge < -0.3 is 18.9 Å². The maximum absolute atomic E-state index is 12.9. The van der Waals surface area contributed by atoms with Crippen molar-refractivity contribution in [2.75, 3.05) is 13.2 Å². The van der Waals surface area contributed by atoms with E-state index in [1.54, 1.807) is 42.5 Å². The molecule has 0 saturated carbocycles. The van der Waals surface area contributed by atoms with Crippen LogP contribution in [0.5, 0.6) is 23.0 Å². The van der Waals surface area contributed by atoms with Crippen molar-refractivity contribution < 1.29 is 23.7 Å². The highest BCUT2D eigenvalue weighted by Gasteiger charge is 2.14. The van der Waals surface area contributed by atoms with Crippen LogP contribution < -0.4 is 18.9 Å².